The van der Waals surface area contributed by atoms with Gasteiger partial charge in [0.25, 0.3) is 5.91 Å². The molecule has 0 aliphatic carbocycles. The van der Waals surface area contributed by atoms with E-state index in [4.69, 9.17) is 10.5 Å². The normalized spacial score (nSPS) is 19.3. The molecule has 4 heteroatoms. The second-order valence-electron chi connectivity index (χ2n) is 5.09. The molecule has 1 aliphatic heterocycles. The van der Waals surface area contributed by atoms with Gasteiger partial charge in [-0.3, -0.25) is 4.79 Å². The third-order valence-corrected chi connectivity index (χ3v) is 3.88. The van der Waals surface area contributed by atoms with E-state index < -0.39 is 0 Å². The molecule has 0 aromatic heterocycles. The monoisotopic (exact) mass is 262 g/mol. The van der Waals surface area contributed by atoms with E-state index in [1.807, 2.05) is 4.90 Å². The van der Waals surface area contributed by atoms with Crippen LogP contribution >= 0.6 is 0 Å². The van der Waals surface area contributed by atoms with Crippen LogP contribution in [0.3, 0.4) is 0 Å². The molecule has 1 unspecified atom stereocenters. The molecule has 1 aliphatic rings. The first kappa shape index (κ1) is 13.7. The maximum Gasteiger partial charge on any atom is 0.259 e. The fourth-order valence-electron chi connectivity index (χ4n) is 2.69. The number of methoxy groups -OCH3 is 1. The quantitative estimate of drug-likeness (QED) is 0.852. The summed E-state index contributed by atoms with van der Waals surface area (Å²) in [6, 6.07) is 5.33. The summed E-state index contributed by atoms with van der Waals surface area (Å²) in [5, 5.41) is 0. The number of likely N-dealkylation sites (tertiary alicyclic amines) is 1. The average Bonchev–Trinajstić information content (AvgIpc) is 2.46. The van der Waals surface area contributed by atoms with E-state index in [0.29, 0.717) is 22.9 Å². The third kappa shape index (κ3) is 2.83. The first-order valence-corrected chi connectivity index (χ1v) is 6.89. The minimum Gasteiger partial charge on any atom is -0.496 e. The Morgan fingerprint density at radius 2 is 2.32 bits per heavy atom. The van der Waals surface area contributed by atoms with Gasteiger partial charge in [0.15, 0.2) is 0 Å². The summed E-state index contributed by atoms with van der Waals surface area (Å²) in [5.74, 6) is 1.16. The van der Waals surface area contributed by atoms with Gasteiger partial charge in [0.1, 0.15) is 11.3 Å². The zero-order valence-electron chi connectivity index (χ0n) is 11.7. The Morgan fingerprint density at radius 1 is 1.53 bits per heavy atom. The summed E-state index contributed by atoms with van der Waals surface area (Å²) < 4.78 is 5.26. The maximum atomic E-state index is 12.6. The van der Waals surface area contributed by atoms with Gasteiger partial charge in [-0.2, -0.15) is 0 Å². The van der Waals surface area contributed by atoms with Crippen molar-refractivity contribution in [3.05, 3.63) is 23.8 Å². The van der Waals surface area contributed by atoms with Crippen LogP contribution in [0.15, 0.2) is 18.2 Å². The number of benzene rings is 1. The van der Waals surface area contributed by atoms with Gasteiger partial charge >= 0.3 is 0 Å². The number of carbonyl (C=O) groups excluding carboxylic acids is 1. The molecule has 19 heavy (non-hydrogen) atoms. The van der Waals surface area contributed by atoms with Gasteiger partial charge in [0, 0.05) is 18.8 Å². The maximum absolute atomic E-state index is 12.6. The molecule has 4 nitrogen and oxygen atoms in total. The van der Waals surface area contributed by atoms with Crippen LogP contribution in [0.25, 0.3) is 0 Å². The minimum atomic E-state index is -0.00639. The van der Waals surface area contributed by atoms with Crippen molar-refractivity contribution in [2.24, 2.45) is 5.92 Å². The Kier molecular flexibility index (Phi) is 4.30. The summed E-state index contributed by atoms with van der Waals surface area (Å²) in [5.41, 5.74) is 6.93. The fourth-order valence-corrected chi connectivity index (χ4v) is 2.69. The van der Waals surface area contributed by atoms with E-state index in [0.717, 1.165) is 25.9 Å². The van der Waals surface area contributed by atoms with Crippen molar-refractivity contribution in [2.45, 2.75) is 26.2 Å². The van der Waals surface area contributed by atoms with Crippen LogP contribution in [0.4, 0.5) is 5.69 Å². The van der Waals surface area contributed by atoms with Gasteiger partial charge < -0.3 is 15.4 Å². The lowest BCUT2D eigenvalue weighted by Gasteiger charge is -2.32. The zero-order chi connectivity index (χ0) is 13.8. The number of piperidine rings is 1. The minimum absolute atomic E-state index is 0.00639. The van der Waals surface area contributed by atoms with E-state index in [2.05, 4.69) is 6.92 Å². The van der Waals surface area contributed by atoms with Crippen molar-refractivity contribution in [3.63, 3.8) is 0 Å². The summed E-state index contributed by atoms with van der Waals surface area (Å²) in [6.45, 7) is 3.82. The van der Waals surface area contributed by atoms with Crippen LogP contribution in [-0.4, -0.2) is 31.0 Å². The Bertz CT molecular complexity index is 459. The molecule has 0 spiro atoms. The van der Waals surface area contributed by atoms with Crippen molar-refractivity contribution >= 4 is 11.6 Å². The lowest BCUT2D eigenvalue weighted by molar-refractivity contribution is 0.0669. The predicted molar refractivity (Wildman–Crippen MR) is 76.3 cm³/mol. The number of rotatable bonds is 3. The second kappa shape index (κ2) is 5.95. The Hall–Kier alpha value is -1.71. The number of hydrogen-bond acceptors (Lipinski definition) is 3. The molecule has 104 valence electrons. The third-order valence-electron chi connectivity index (χ3n) is 3.88. The van der Waals surface area contributed by atoms with Crippen LogP contribution < -0.4 is 10.5 Å². The molecule has 1 aromatic rings. The molecule has 1 aromatic carbocycles. The first-order chi connectivity index (χ1) is 9.17. The number of nitrogens with two attached hydrogens (primary N) is 1. The number of carbonyl (C=O) groups is 1. The predicted octanol–water partition coefficient (Wildman–Crippen LogP) is 2.54. The average molecular weight is 262 g/mol. The largest absolute Gasteiger partial charge is 0.496 e. The number of anilines is 1. The molecular formula is C15H22N2O2. The molecular weight excluding hydrogens is 240 g/mol. The van der Waals surface area contributed by atoms with Crippen molar-refractivity contribution < 1.29 is 9.53 Å². The lowest BCUT2D eigenvalue weighted by atomic mass is 9.95. The highest BCUT2D eigenvalue weighted by molar-refractivity contribution is 6.01. The topological polar surface area (TPSA) is 55.6 Å². The Morgan fingerprint density at radius 3 is 3.00 bits per heavy atom. The lowest BCUT2D eigenvalue weighted by Crippen LogP contribution is -2.40. The molecule has 1 atom stereocenters. The molecule has 0 bridgehead atoms. The van der Waals surface area contributed by atoms with Crippen LogP contribution in [0.5, 0.6) is 5.75 Å². The van der Waals surface area contributed by atoms with Gasteiger partial charge in [-0.1, -0.05) is 19.4 Å². The molecule has 2 N–H and O–H groups in total. The zero-order valence-corrected chi connectivity index (χ0v) is 11.7. The molecule has 1 amide bonds. The summed E-state index contributed by atoms with van der Waals surface area (Å²) in [7, 11) is 1.57. The highest BCUT2D eigenvalue weighted by Crippen LogP contribution is 2.28. The molecule has 0 radical (unpaired) electrons. The SMILES string of the molecule is CCC1CCCN(C(=O)c2c(N)cccc2OC)C1. The van der Waals surface area contributed by atoms with Crippen molar-refractivity contribution in [2.75, 3.05) is 25.9 Å². The van der Waals surface area contributed by atoms with E-state index in [1.54, 1.807) is 25.3 Å². The summed E-state index contributed by atoms with van der Waals surface area (Å²) in [6.07, 6.45) is 3.40. The van der Waals surface area contributed by atoms with Gasteiger partial charge in [0.05, 0.1) is 7.11 Å². The van der Waals surface area contributed by atoms with Gasteiger partial charge in [-0.05, 0) is 30.9 Å². The van der Waals surface area contributed by atoms with Crippen LogP contribution in [0, 0.1) is 5.92 Å². The highest BCUT2D eigenvalue weighted by atomic mass is 16.5. The smallest absolute Gasteiger partial charge is 0.259 e. The number of hydrogen-bond donors (Lipinski definition) is 1. The molecule has 1 heterocycles. The van der Waals surface area contributed by atoms with Crippen molar-refractivity contribution in [3.8, 4) is 5.75 Å². The number of amides is 1. The van der Waals surface area contributed by atoms with E-state index in [-0.39, 0.29) is 5.91 Å². The van der Waals surface area contributed by atoms with Crippen molar-refractivity contribution in [1.82, 2.24) is 4.90 Å². The van der Waals surface area contributed by atoms with Crippen molar-refractivity contribution in [1.29, 1.82) is 0 Å². The second-order valence-corrected chi connectivity index (χ2v) is 5.09. The Labute approximate surface area is 114 Å². The van der Waals surface area contributed by atoms with E-state index in [9.17, 15) is 4.79 Å². The molecule has 1 saturated heterocycles. The van der Waals surface area contributed by atoms with E-state index >= 15 is 0 Å². The number of nitrogens with zero attached hydrogens (tertiary/aromatic N) is 1. The van der Waals surface area contributed by atoms with Crippen LogP contribution in [0.2, 0.25) is 0 Å². The molecule has 2 rings (SSSR count). The van der Waals surface area contributed by atoms with Crippen LogP contribution in [0.1, 0.15) is 36.5 Å². The number of nitrogen functional groups attached to an aromatic ring is 1. The van der Waals surface area contributed by atoms with Gasteiger partial charge in [-0.25, -0.2) is 0 Å². The summed E-state index contributed by atoms with van der Waals surface area (Å²) in [4.78, 5) is 14.5. The van der Waals surface area contributed by atoms with Gasteiger partial charge in [0.2, 0.25) is 0 Å². The molecule has 1 fully saturated rings. The Balaban J connectivity index is 2.24. The highest BCUT2D eigenvalue weighted by Gasteiger charge is 2.26. The first-order valence-electron chi connectivity index (χ1n) is 6.89. The standard InChI is InChI=1S/C15H22N2O2/c1-3-11-6-5-9-17(10-11)15(18)14-12(16)7-4-8-13(14)19-2/h4,7-8,11H,3,5-6,9-10,16H2,1-2H3. The van der Waals surface area contributed by atoms with Gasteiger partial charge in [-0.15, -0.1) is 0 Å². The number of ether oxygens (including phenoxy) is 1. The summed E-state index contributed by atoms with van der Waals surface area (Å²) >= 11 is 0. The van der Waals surface area contributed by atoms with Crippen LogP contribution in [-0.2, 0) is 0 Å². The van der Waals surface area contributed by atoms with E-state index in [1.165, 1.54) is 6.42 Å². The fraction of sp³-hybridized carbons (Fsp3) is 0.533. The molecule has 0 saturated carbocycles.